The summed E-state index contributed by atoms with van der Waals surface area (Å²) in [7, 11) is 0. The first-order valence-electron chi connectivity index (χ1n) is 5.21. The summed E-state index contributed by atoms with van der Waals surface area (Å²) in [5, 5.41) is 8.85. The number of benzene rings is 1. The van der Waals surface area contributed by atoms with Gasteiger partial charge in [-0.25, -0.2) is 4.79 Å². The van der Waals surface area contributed by atoms with Crippen LogP contribution < -0.4 is 4.74 Å². The molecule has 0 fully saturated rings. The van der Waals surface area contributed by atoms with Gasteiger partial charge in [0.25, 0.3) is 0 Å². The third-order valence-electron chi connectivity index (χ3n) is 2.27. The van der Waals surface area contributed by atoms with Gasteiger partial charge in [-0.2, -0.15) is 0 Å². The van der Waals surface area contributed by atoms with E-state index in [4.69, 9.17) is 9.84 Å². The summed E-state index contributed by atoms with van der Waals surface area (Å²) in [5.41, 5.74) is 0.869. The number of rotatable bonds is 4. The van der Waals surface area contributed by atoms with E-state index in [0.717, 1.165) is 4.47 Å². The molecule has 2 aromatic rings. The minimum Gasteiger partial charge on any atom is -0.488 e. The van der Waals surface area contributed by atoms with Crippen molar-refractivity contribution in [1.82, 2.24) is 4.98 Å². The molecule has 0 spiro atoms. The lowest BCUT2D eigenvalue weighted by atomic mass is 10.2. The van der Waals surface area contributed by atoms with Crippen molar-refractivity contribution in [2.75, 3.05) is 0 Å². The van der Waals surface area contributed by atoms with Gasteiger partial charge < -0.3 is 9.84 Å². The van der Waals surface area contributed by atoms with Gasteiger partial charge in [0.1, 0.15) is 12.4 Å². The summed E-state index contributed by atoms with van der Waals surface area (Å²) in [6.07, 6.45) is 2.90. The number of carboxylic acids is 1. The quantitative estimate of drug-likeness (QED) is 0.943. The lowest BCUT2D eigenvalue weighted by Crippen LogP contribution is -2.01. The maximum atomic E-state index is 10.8. The monoisotopic (exact) mass is 307 g/mol. The predicted octanol–water partition coefficient (Wildman–Crippen LogP) is 3.12. The number of pyridine rings is 1. The average Bonchev–Trinajstić information content (AvgIpc) is 2.38. The van der Waals surface area contributed by atoms with Crippen LogP contribution in [0.25, 0.3) is 0 Å². The molecule has 5 heteroatoms. The molecule has 0 aliphatic heterocycles. The molecule has 1 N–H and O–H groups in total. The summed E-state index contributed by atoms with van der Waals surface area (Å²) in [5.74, 6) is -0.288. The van der Waals surface area contributed by atoms with Crippen LogP contribution in [-0.2, 0) is 6.61 Å². The van der Waals surface area contributed by atoms with Crippen LogP contribution in [0.5, 0.6) is 5.75 Å². The maximum Gasteiger partial charge on any atom is 0.337 e. The normalized spacial score (nSPS) is 10.1. The van der Waals surface area contributed by atoms with E-state index in [9.17, 15) is 4.79 Å². The molecular weight excluding hydrogens is 298 g/mol. The molecule has 0 saturated carbocycles. The van der Waals surface area contributed by atoms with Crippen molar-refractivity contribution in [2.45, 2.75) is 6.61 Å². The van der Waals surface area contributed by atoms with E-state index in [1.54, 1.807) is 12.3 Å². The van der Waals surface area contributed by atoms with Crippen LogP contribution in [0, 0.1) is 0 Å². The maximum absolute atomic E-state index is 10.8. The summed E-state index contributed by atoms with van der Waals surface area (Å²) in [4.78, 5) is 14.7. The van der Waals surface area contributed by atoms with Gasteiger partial charge in [0.15, 0.2) is 0 Å². The van der Waals surface area contributed by atoms with Crippen molar-refractivity contribution in [3.05, 3.63) is 58.3 Å². The number of nitrogens with zero attached hydrogens (tertiary/aromatic N) is 1. The van der Waals surface area contributed by atoms with Crippen molar-refractivity contribution in [3.63, 3.8) is 0 Å². The average molecular weight is 308 g/mol. The van der Waals surface area contributed by atoms with Gasteiger partial charge in [0.05, 0.1) is 10.0 Å². The standard InChI is InChI=1S/C13H10BrNO3/c14-11-3-1-2-4-12(11)18-8-9-5-10(13(16)17)7-15-6-9/h1-7H,8H2,(H,16,17). The SMILES string of the molecule is O=C(O)c1cncc(COc2ccccc2Br)c1. The second kappa shape index (κ2) is 5.64. The molecule has 1 heterocycles. The van der Waals surface area contributed by atoms with Gasteiger partial charge in [0.2, 0.25) is 0 Å². The second-order valence-electron chi connectivity index (χ2n) is 3.61. The van der Waals surface area contributed by atoms with E-state index in [0.29, 0.717) is 11.3 Å². The third-order valence-corrected chi connectivity index (χ3v) is 2.93. The molecule has 18 heavy (non-hydrogen) atoms. The molecule has 1 aromatic carbocycles. The molecule has 0 bridgehead atoms. The molecule has 0 radical (unpaired) electrons. The Bertz CT molecular complexity index is 572. The highest BCUT2D eigenvalue weighted by Crippen LogP contribution is 2.24. The summed E-state index contributed by atoms with van der Waals surface area (Å²) >= 11 is 3.37. The van der Waals surface area contributed by atoms with E-state index in [1.165, 1.54) is 6.20 Å². The van der Waals surface area contributed by atoms with Gasteiger partial charge in [-0.05, 0) is 34.1 Å². The molecule has 2 rings (SSSR count). The van der Waals surface area contributed by atoms with Gasteiger partial charge in [-0.15, -0.1) is 0 Å². The van der Waals surface area contributed by atoms with Crippen LogP contribution in [0.3, 0.4) is 0 Å². The number of aromatic carboxylic acids is 1. The van der Waals surface area contributed by atoms with Crippen LogP contribution in [0.4, 0.5) is 0 Å². The van der Waals surface area contributed by atoms with Gasteiger partial charge in [0, 0.05) is 18.0 Å². The molecule has 92 valence electrons. The van der Waals surface area contributed by atoms with Gasteiger partial charge in [-0.1, -0.05) is 12.1 Å². The topological polar surface area (TPSA) is 59.4 Å². The van der Waals surface area contributed by atoms with E-state index in [2.05, 4.69) is 20.9 Å². The Kier molecular flexibility index (Phi) is 3.94. The predicted molar refractivity (Wildman–Crippen MR) is 69.7 cm³/mol. The number of aromatic nitrogens is 1. The van der Waals surface area contributed by atoms with Crippen molar-refractivity contribution >= 4 is 21.9 Å². The highest BCUT2D eigenvalue weighted by molar-refractivity contribution is 9.10. The van der Waals surface area contributed by atoms with E-state index < -0.39 is 5.97 Å². The third kappa shape index (κ3) is 3.07. The van der Waals surface area contributed by atoms with Crippen molar-refractivity contribution in [3.8, 4) is 5.75 Å². The molecule has 4 nitrogen and oxygen atoms in total. The van der Waals surface area contributed by atoms with Crippen molar-refractivity contribution in [2.24, 2.45) is 0 Å². The molecule has 0 unspecified atom stereocenters. The minimum absolute atomic E-state index is 0.156. The van der Waals surface area contributed by atoms with Crippen LogP contribution >= 0.6 is 15.9 Å². The number of para-hydroxylation sites is 1. The zero-order valence-corrected chi connectivity index (χ0v) is 10.9. The summed E-state index contributed by atoms with van der Waals surface area (Å²) < 4.78 is 6.43. The Morgan fingerprint density at radius 2 is 2.11 bits per heavy atom. The second-order valence-corrected chi connectivity index (χ2v) is 4.46. The highest BCUT2D eigenvalue weighted by atomic mass is 79.9. The number of ether oxygens (including phenoxy) is 1. The van der Waals surface area contributed by atoms with Crippen molar-refractivity contribution < 1.29 is 14.6 Å². The fourth-order valence-corrected chi connectivity index (χ4v) is 1.81. The molecule has 0 saturated heterocycles. The largest absolute Gasteiger partial charge is 0.488 e. The van der Waals surface area contributed by atoms with Crippen molar-refractivity contribution in [1.29, 1.82) is 0 Å². The van der Waals surface area contributed by atoms with E-state index in [-0.39, 0.29) is 12.2 Å². The zero-order chi connectivity index (χ0) is 13.0. The smallest absolute Gasteiger partial charge is 0.337 e. The lowest BCUT2D eigenvalue weighted by molar-refractivity contribution is 0.0696. The zero-order valence-electron chi connectivity index (χ0n) is 9.34. The first-order chi connectivity index (χ1) is 8.66. The molecule has 0 aliphatic rings. The van der Waals surface area contributed by atoms with Gasteiger partial charge >= 0.3 is 5.97 Å². The van der Waals surface area contributed by atoms with Gasteiger partial charge in [-0.3, -0.25) is 4.98 Å². The first kappa shape index (κ1) is 12.6. The van der Waals surface area contributed by atoms with E-state index >= 15 is 0 Å². The fraction of sp³-hybridized carbons (Fsp3) is 0.0769. The Hall–Kier alpha value is -1.88. The number of halogens is 1. The fourth-order valence-electron chi connectivity index (χ4n) is 1.41. The molecule has 1 aromatic heterocycles. The molecule has 0 amide bonds. The Morgan fingerprint density at radius 1 is 1.33 bits per heavy atom. The number of carbonyl (C=O) groups is 1. The van der Waals surface area contributed by atoms with Crippen LogP contribution in [0.2, 0.25) is 0 Å². The lowest BCUT2D eigenvalue weighted by Gasteiger charge is -2.08. The van der Waals surface area contributed by atoms with Crippen LogP contribution in [-0.4, -0.2) is 16.1 Å². The number of hydrogen-bond acceptors (Lipinski definition) is 3. The Balaban J connectivity index is 2.09. The van der Waals surface area contributed by atoms with Crippen LogP contribution in [0.1, 0.15) is 15.9 Å². The highest BCUT2D eigenvalue weighted by Gasteiger charge is 2.05. The summed E-state index contributed by atoms with van der Waals surface area (Å²) in [6.45, 7) is 0.275. The molecular formula is C13H10BrNO3. The first-order valence-corrected chi connectivity index (χ1v) is 6.00. The molecule has 0 aliphatic carbocycles. The minimum atomic E-state index is -0.995. The Morgan fingerprint density at radius 3 is 2.83 bits per heavy atom. The number of hydrogen-bond donors (Lipinski definition) is 1. The van der Waals surface area contributed by atoms with E-state index in [1.807, 2.05) is 24.3 Å². The molecule has 0 atom stereocenters. The number of carboxylic acid groups (broad SMARTS) is 1. The summed E-state index contributed by atoms with van der Waals surface area (Å²) in [6, 6.07) is 9.02. The Labute approximate surface area is 112 Å². The van der Waals surface area contributed by atoms with Crippen LogP contribution in [0.15, 0.2) is 47.2 Å².